The average molecular weight is 283 g/mol. The van der Waals surface area contributed by atoms with Gasteiger partial charge in [-0.1, -0.05) is 0 Å². The van der Waals surface area contributed by atoms with Crippen molar-refractivity contribution in [3.63, 3.8) is 0 Å². The van der Waals surface area contributed by atoms with Crippen molar-refractivity contribution in [3.05, 3.63) is 29.8 Å². The van der Waals surface area contributed by atoms with E-state index in [9.17, 15) is 4.39 Å². The minimum Gasteiger partial charge on any atom is -0.376 e. The summed E-state index contributed by atoms with van der Waals surface area (Å²) in [5.41, 5.74) is 1.66. The number of fused-ring (bicyclic) bond motifs is 1. The maximum Gasteiger partial charge on any atom is 0.125 e. The van der Waals surface area contributed by atoms with Gasteiger partial charge in [-0.15, -0.1) is 11.6 Å². The van der Waals surface area contributed by atoms with Gasteiger partial charge in [-0.3, -0.25) is 0 Å². The van der Waals surface area contributed by atoms with Crippen LogP contribution in [0.15, 0.2) is 18.2 Å². The van der Waals surface area contributed by atoms with Crippen molar-refractivity contribution in [1.29, 1.82) is 0 Å². The quantitative estimate of drug-likeness (QED) is 0.808. The van der Waals surface area contributed by atoms with E-state index in [-0.39, 0.29) is 18.0 Å². The first-order chi connectivity index (χ1) is 9.20. The van der Waals surface area contributed by atoms with Crippen molar-refractivity contribution >= 4 is 22.6 Å². The minimum absolute atomic E-state index is 0.150. The van der Waals surface area contributed by atoms with Gasteiger partial charge in [0.25, 0.3) is 0 Å². The lowest BCUT2D eigenvalue weighted by molar-refractivity contribution is 0.108. The van der Waals surface area contributed by atoms with E-state index < -0.39 is 0 Å². The van der Waals surface area contributed by atoms with E-state index in [1.807, 2.05) is 0 Å². The monoisotopic (exact) mass is 282 g/mol. The number of aryl methyl sites for hydroxylation is 1. The molecule has 0 spiro atoms. The van der Waals surface area contributed by atoms with E-state index in [0.29, 0.717) is 17.8 Å². The first-order valence-corrected chi connectivity index (χ1v) is 7.08. The SMILES string of the molecule is CC1OCCC1n1c(CCCl)nc2cc(F)ccc21. The number of aromatic nitrogens is 2. The summed E-state index contributed by atoms with van der Waals surface area (Å²) in [6.07, 6.45) is 1.79. The van der Waals surface area contributed by atoms with Crippen LogP contribution in [0, 0.1) is 5.82 Å². The molecule has 1 aromatic heterocycles. The number of halogens is 2. The Hall–Kier alpha value is -1.13. The van der Waals surface area contributed by atoms with Crippen LogP contribution in [0.25, 0.3) is 11.0 Å². The predicted molar refractivity (Wildman–Crippen MR) is 73.2 cm³/mol. The topological polar surface area (TPSA) is 27.1 Å². The Bertz CT molecular complexity index is 598. The first-order valence-electron chi connectivity index (χ1n) is 6.54. The number of imidazole rings is 1. The van der Waals surface area contributed by atoms with Crippen LogP contribution in [-0.2, 0) is 11.2 Å². The summed E-state index contributed by atoms with van der Waals surface area (Å²) in [5.74, 6) is 1.16. The van der Waals surface area contributed by atoms with E-state index in [2.05, 4.69) is 16.5 Å². The molecule has 0 N–H and O–H groups in total. The minimum atomic E-state index is -0.259. The molecule has 2 aromatic rings. The largest absolute Gasteiger partial charge is 0.376 e. The Labute approximate surface area is 116 Å². The van der Waals surface area contributed by atoms with Crippen molar-refractivity contribution in [2.45, 2.75) is 31.9 Å². The van der Waals surface area contributed by atoms with Gasteiger partial charge in [-0.05, 0) is 25.5 Å². The van der Waals surface area contributed by atoms with Gasteiger partial charge in [0.1, 0.15) is 11.6 Å². The Balaban J connectivity index is 2.16. The van der Waals surface area contributed by atoms with Crippen LogP contribution >= 0.6 is 11.6 Å². The molecule has 5 heteroatoms. The molecule has 1 aliphatic rings. The molecule has 1 aromatic carbocycles. The highest BCUT2D eigenvalue weighted by Gasteiger charge is 2.29. The summed E-state index contributed by atoms with van der Waals surface area (Å²) in [7, 11) is 0. The third-order valence-electron chi connectivity index (χ3n) is 3.71. The molecule has 1 saturated heterocycles. The molecule has 2 atom stereocenters. The number of alkyl halides is 1. The van der Waals surface area contributed by atoms with Crippen LogP contribution in [-0.4, -0.2) is 28.1 Å². The van der Waals surface area contributed by atoms with Crippen LogP contribution in [0.5, 0.6) is 0 Å². The van der Waals surface area contributed by atoms with E-state index in [0.717, 1.165) is 24.4 Å². The summed E-state index contributed by atoms with van der Waals surface area (Å²) < 4.78 is 21.1. The van der Waals surface area contributed by atoms with Gasteiger partial charge < -0.3 is 9.30 Å². The molecular formula is C14H16ClFN2O. The molecule has 2 unspecified atom stereocenters. The van der Waals surface area contributed by atoms with Crippen molar-refractivity contribution < 1.29 is 9.13 Å². The van der Waals surface area contributed by atoms with Crippen molar-refractivity contribution in [2.24, 2.45) is 0 Å². The summed E-state index contributed by atoms with van der Waals surface area (Å²) in [5, 5.41) is 0. The molecule has 2 heterocycles. The van der Waals surface area contributed by atoms with Gasteiger partial charge in [0.15, 0.2) is 0 Å². The highest BCUT2D eigenvalue weighted by Crippen LogP contribution is 2.31. The second-order valence-corrected chi connectivity index (χ2v) is 5.28. The average Bonchev–Trinajstić information content (AvgIpc) is 2.92. The van der Waals surface area contributed by atoms with Crippen LogP contribution in [0.3, 0.4) is 0 Å². The van der Waals surface area contributed by atoms with Crippen LogP contribution in [0.1, 0.15) is 25.2 Å². The molecule has 3 nitrogen and oxygen atoms in total. The summed E-state index contributed by atoms with van der Waals surface area (Å²) in [6.45, 7) is 2.82. The molecular weight excluding hydrogens is 267 g/mol. The van der Waals surface area contributed by atoms with Gasteiger partial charge in [-0.2, -0.15) is 0 Å². The molecule has 0 aliphatic carbocycles. The third-order valence-corrected chi connectivity index (χ3v) is 3.90. The fourth-order valence-electron chi connectivity index (χ4n) is 2.81. The second kappa shape index (κ2) is 5.10. The molecule has 0 bridgehead atoms. The zero-order valence-electron chi connectivity index (χ0n) is 10.8. The van der Waals surface area contributed by atoms with Gasteiger partial charge in [0.05, 0.1) is 23.2 Å². The molecule has 1 fully saturated rings. The lowest BCUT2D eigenvalue weighted by atomic mass is 10.1. The molecule has 0 amide bonds. The van der Waals surface area contributed by atoms with E-state index in [1.54, 1.807) is 6.07 Å². The maximum absolute atomic E-state index is 13.3. The molecule has 19 heavy (non-hydrogen) atoms. The molecule has 1 aliphatic heterocycles. The summed E-state index contributed by atoms with van der Waals surface area (Å²) >= 11 is 5.85. The Morgan fingerprint density at radius 1 is 1.53 bits per heavy atom. The standard InChI is InChI=1S/C14H16ClFN2O/c1-9-12(5-7-19-9)18-13-3-2-10(16)8-11(13)17-14(18)4-6-15/h2-3,8-9,12H,4-7H2,1H3. The van der Waals surface area contributed by atoms with Crippen molar-refractivity contribution in [3.8, 4) is 0 Å². The number of hydrogen-bond acceptors (Lipinski definition) is 2. The fourth-order valence-corrected chi connectivity index (χ4v) is 2.98. The summed E-state index contributed by atoms with van der Waals surface area (Å²) in [6, 6.07) is 5.00. The predicted octanol–water partition coefficient (Wildman–Crippen LogP) is 3.31. The number of benzene rings is 1. The number of ether oxygens (including phenoxy) is 1. The number of hydrogen-bond donors (Lipinski definition) is 0. The lowest BCUT2D eigenvalue weighted by Crippen LogP contribution is -2.19. The van der Waals surface area contributed by atoms with Gasteiger partial charge >= 0.3 is 0 Å². The van der Waals surface area contributed by atoms with E-state index in [4.69, 9.17) is 16.3 Å². The number of rotatable bonds is 3. The third kappa shape index (κ3) is 2.23. The van der Waals surface area contributed by atoms with Crippen molar-refractivity contribution in [1.82, 2.24) is 9.55 Å². The fraction of sp³-hybridized carbons (Fsp3) is 0.500. The van der Waals surface area contributed by atoms with Crippen molar-refractivity contribution in [2.75, 3.05) is 12.5 Å². The lowest BCUT2D eigenvalue weighted by Gasteiger charge is -2.19. The Morgan fingerprint density at radius 3 is 3.05 bits per heavy atom. The van der Waals surface area contributed by atoms with Crippen LogP contribution in [0.4, 0.5) is 4.39 Å². The smallest absolute Gasteiger partial charge is 0.125 e. The molecule has 3 rings (SSSR count). The molecule has 0 radical (unpaired) electrons. The normalized spacial score (nSPS) is 23.3. The van der Waals surface area contributed by atoms with E-state index >= 15 is 0 Å². The highest BCUT2D eigenvalue weighted by molar-refractivity contribution is 6.17. The second-order valence-electron chi connectivity index (χ2n) is 4.90. The highest BCUT2D eigenvalue weighted by atomic mass is 35.5. The zero-order valence-corrected chi connectivity index (χ0v) is 11.5. The van der Waals surface area contributed by atoms with Crippen LogP contribution < -0.4 is 0 Å². The Kier molecular flexibility index (Phi) is 3.46. The molecule has 102 valence electrons. The first kappa shape index (κ1) is 12.9. The van der Waals surface area contributed by atoms with E-state index in [1.165, 1.54) is 12.1 Å². The number of nitrogens with zero attached hydrogens (tertiary/aromatic N) is 2. The van der Waals surface area contributed by atoms with Crippen LogP contribution in [0.2, 0.25) is 0 Å². The van der Waals surface area contributed by atoms with Gasteiger partial charge in [-0.25, -0.2) is 9.37 Å². The summed E-state index contributed by atoms with van der Waals surface area (Å²) in [4.78, 5) is 4.53. The molecule has 0 saturated carbocycles. The van der Waals surface area contributed by atoms with Gasteiger partial charge in [0, 0.05) is 25.0 Å². The maximum atomic E-state index is 13.3. The Morgan fingerprint density at radius 2 is 2.37 bits per heavy atom. The zero-order chi connectivity index (χ0) is 13.4. The van der Waals surface area contributed by atoms with Gasteiger partial charge in [0.2, 0.25) is 0 Å².